The van der Waals surface area contributed by atoms with E-state index in [2.05, 4.69) is 24.4 Å². The molecule has 0 fully saturated rings. The zero-order valence-electron chi connectivity index (χ0n) is 13.2. The molecule has 0 saturated carbocycles. The van der Waals surface area contributed by atoms with Gasteiger partial charge in [-0.15, -0.1) is 0 Å². The summed E-state index contributed by atoms with van der Waals surface area (Å²) < 4.78 is 0. The van der Waals surface area contributed by atoms with Gasteiger partial charge < -0.3 is 0 Å². The minimum Gasteiger partial charge on any atom is -0.271 e. The quantitative estimate of drug-likeness (QED) is 0.678. The summed E-state index contributed by atoms with van der Waals surface area (Å²) in [5.74, 6) is -0.826. The molecule has 0 saturated heterocycles. The number of carbonyl (C=O) groups is 1. The van der Waals surface area contributed by atoms with Gasteiger partial charge in [-0.25, -0.2) is 5.43 Å². The standard InChI is InChI=1S/C19H19N3O/c1-14(2)16-10-8-15(9-11-16)13-21-22-19(23)18(12-20)17-6-4-3-5-7-17/h3-11,13-14,18H,1-2H3,(H,22,23)/b21-13-/t18-/m0/s1. The fourth-order valence-electron chi connectivity index (χ4n) is 2.13. The van der Waals surface area contributed by atoms with Crippen LogP contribution in [0.3, 0.4) is 0 Å². The highest BCUT2D eigenvalue weighted by Crippen LogP contribution is 2.15. The lowest BCUT2D eigenvalue weighted by atomic mass is 10.0. The minimum atomic E-state index is -0.864. The van der Waals surface area contributed by atoms with Crippen LogP contribution in [0.15, 0.2) is 59.7 Å². The summed E-state index contributed by atoms with van der Waals surface area (Å²) in [6, 6.07) is 18.9. The van der Waals surface area contributed by atoms with Crippen molar-refractivity contribution >= 4 is 12.1 Å². The molecule has 0 bridgehead atoms. The smallest absolute Gasteiger partial charge is 0.261 e. The van der Waals surface area contributed by atoms with E-state index >= 15 is 0 Å². The van der Waals surface area contributed by atoms with Crippen molar-refractivity contribution in [2.75, 3.05) is 0 Å². The van der Waals surface area contributed by atoms with Gasteiger partial charge in [0, 0.05) is 0 Å². The van der Waals surface area contributed by atoms with E-state index in [-0.39, 0.29) is 0 Å². The van der Waals surface area contributed by atoms with Crippen LogP contribution in [0.2, 0.25) is 0 Å². The SMILES string of the molecule is CC(C)c1ccc(/C=N\NC(=O)[C@@H](C#N)c2ccccc2)cc1. The second kappa shape index (κ2) is 7.90. The first-order chi connectivity index (χ1) is 11.1. The summed E-state index contributed by atoms with van der Waals surface area (Å²) in [4.78, 5) is 12.1. The third-order valence-corrected chi connectivity index (χ3v) is 3.52. The van der Waals surface area contributed by atoms with E-state index in [1.807, 2.05) is 36.4 Å². The van der Waals surface area contributed by atoms with Crippen molar-refractivity contribution in [2.45, 2.75) is 25.7 Å². The molecule has 1 N–H and O–H groups in total. The second-order valence-corrected chi connectivity index (χ2v) is 5.53. The van der Waals surface area contributed by atoms with Crippen molar-refractivity contribution in [1.29, 1.82) is 5.26 Å². The van der Waals surface area contributed by atoms with E-state index < -0.39 is 11.8 Å². The van der Waals surface area contributed by atoms with Crippen molar-refractivity contribution in [3.63, 3.8) is 0 Å². The van der Waals surface area contributed by atoms with Crippen LogP contribution in [-0.2, 0) is 4.79 Å². The topological polar surface area (TPSA) is 65.2 Å². The number of rotatable bonds is 5. The molecule has 23 heavy (non-hydrogen) atoms. The molecule has 0 heterocycles. The van der Waals surface area contributed by atoms with Crippen LogP contribution in [0, 0.1) is 11.3 Å². The van der Waals surface area contributed by atoms with Crippen LogP contribution >= 0.6 is 0 Å². The van der Waals surface area contributed by atoms with E-state index in [9.17, 15) is 10.1 Å². The molecule has 0 aromatic heterocycles. The number of nitrogens with one attached hydrogen (secondary N) is 1. The van der Waals surface area contributed by atoms with Crippen LogP contribution in [0.25, 0.3) is 0 Å². The molecule has 2 rings (SSSR count). The number of nitriles is 1. The van der Waals surface area contributed by atoms with Crippen LogP contribution in [0.4, 0.5) is 0 Å². The molecule has 2 aromatic carbocycles. The first-order valence-corrected chi connectivity index (χ1v) is 7.49. The zero-order valence-corrected chi connectivity index (χ0v) is 13.2. The Bertz CT molecular complexity index is 713. The monoisotopic (exact) mass is 305 g/mol. The average Bonchev–Trinajstić information content (AvgIpc) is 2.57. The van der Waals surface area contributed by atoms with Crippen LogP contribution in [0.5, 0.6) is 0 Å². The summed E-state index contributed by atoms with van der Waals surface area (Å²) in [7, 11) is 0. The zero-order chi connectivity index (χ0) is 16.7. The normalized spacial score (nSPS) is 12.1. The Hall–Kier alpha value is -2.93. The van der Waals surface area contributed by atoms with Gasteiger partial charge in [0.05, 0.1) is 12.3 Å². The summed E-state index contributed by atoms with van der Waals surface area (Å²) in [6.07, 6.45) is 1.57. The Morgan fingerprint density at radius 1 is 1.09 bits per heavy atom. The van der Waals surface area contributed by atoms with Crippen LogP contribution in [0.1, 0.15) is 42.4 Å². The number of hydrogen-bond donors (Lipinski definition) is 1. The lowest BCUT2D eigenvalue weighted by Gasteiger charge is -2.07. The predicted molar refractivity (Wildman–Crippen MR) is 91.1 cm³/mol. The van der Waals surface area contributed by atoms with Gasteiger partial charge in [-0.05, 0) is 22.6 Å². The van der Waals surface area contributed by atoms with Crippen molar-refractivity contribution in [1.82, 2.24) is 5.43 Å². The average molecular weight is 305 g/mol. The van der Waals surface area contributed by atoms with Gasteiger partial charge in [0.25, 0.3) is 5.91 Å². The first-order valence-electron chi connectivity index (χ1n) is 7.49. The van der Waals surface area contributed by atoms with Crippen molar-refractivity contribution in [3.8, 4) is 6.07 Å². The number of amides is 1. The first kappa shape index (κ1) is 16.4. The van der Waals surface area contributed by atoms with E-state index in [0.717, 1.165) is 5.56 Å². The largest absolute Gasteiger partial charge is 0.271 e. The highest BCUT2D eigenvalue weighted by molar-refractivity contribution is 5.88. The van der Waals surface area contributed by atoms with Crippen molar-refractivity contribution in [3.05, 3.63) is 71.3 Å². The molecule has 0 aliphatic heterocycles. The fourth-order valence-corrected chi connectivity index (χ4v) is 2.13. The number of nitrogens with zero attached hydrogens (tertiary/aromatic N) is 2. The van der Waals surface area contributed by atoms with Gasteiger partial charge in [0.2, 0.25) is 0 Å². The summed E-state index contributed by atoms with van der Waals surface area (Å²) in [5.41, 5.74) is 5.22. The van der Waals surface area contributed by atoms with Gasteiger partial charge in [-0.2, -0.15) is 10.4 Å². The molecule has 0 aliphatic carbocycles. The highest BCUT2D eigenvalue weighted by Gasteiger charge is 2.19. The highest BCUT2D eigenvalue weighted by atomic mass is 16.2. The summed E-state index contributed by atoms with van der Waals surface area (Å²) in [6.45, 7) is 4.27. The summed E-state index contributed by atoms with van der Waals surface area (Å²) >= 11 is 0. The number of hydrogen-bond acceptors (Lipinski definition) is 3. The molecular weight excluding hydrogens is 286 g/mol. The van der Waals surface area contributed by atoms with Gasteiger partial charge in [-0.1, -0.05) is 68.4 Å². The van der Waals surface area contributed by atoms with E-state index in [1.165, 1.54) is 5.56 Å². The molecule has 0 radical (unpaired) electrons. The molecule has 0 spiro atoms. The maximum Gasteiger partial charge on any atom is 0.261 e. The van der Waals surface area contributed by atoms with E-state index in [4.69, 9.17) is 0 Å². The molecule has 4 heteroatoms. The van der Waals surface area contributed by atoms with Gasteiger partial charge in [-0.3, -0.25) is 4.79 Å². The number of carbonyl (C=O) groups excluding carboxylic acids is 1. The molecule has 1 atom stereocenters. The molecule has 116 valence electrons. The van der Waals surface area contributed by atoms with Crippen molar-refractivity contribution in [2.24, 2.45) is 5.10 Å². The minimum absolute atomic E-state index is 0.436. The van der Waals surface area contributed by atoms with Crippen LogP contribution in [-0.4, -0.2) is 12.1 Å². The third kappa shape index (κ3) is 4.52. The van der Waals surface area contributed by atoms with Gasteiger partial charge >= 0.3 is 0 Å². The Morgan fingerprint density at radius 3 is 2.30 bits per heavy atom. The van der Waals surface area contributed by atoms with Crippen LogP contribution < -0.4 is 5.43 Å². The fraction of sp³-hybridized carbons (Fsp3) is 0.211. The van der Waals surface area contributed by atoms with Gasteiger partial charge in [0.15, 0.2) is 5.92 Å². The molecule has 0 aliphatic rings. The maximum atomic E-state index is 12.1. The number of hydrazone groups is 1. The Kier molecular flexibility index (Phi) is 5.65. The Morgan fingerprint density at radius 2 is 1.74 bits per heavy atom. The molecular formula is C19H19N3O. The Balaban J connectivity index is 1.99. The van der Waals surface area contributed by atoms with E-state index in [0.29, 0.717) is 11.5 Å². The molecule has 2 aromatic rings. The van der Waals surface area contributed by atoms with Gasteiger partial charge in [0.1, 0.15) is 0 Å². The lowest BCUT2D eigenvalue weighted by molar-refractivity contribution is -0.121. The Labute approximate surface area is 136 Å². The predicted octanol–water partition coefficient (Wildman–Crippen LogP) is 3.57. The number of benzene rings is 2. The molecule has 1 amide bonds. The summed E-state index contributed by atoms with van der Waals surface area (Å²) in [5, 5.41) is 13.1. The maximum absolute atomic E-state index is 12.1. The van der Waals surface area contributed by atoms with Crippen molar-refractivity contribution < 1.29 is 4.79 Å². The molecule has 4 nitrogen and oxygen atoms in total. The van der Waals surface area contributed by atoms with E-state index in [1.54, 1.807) is 30.5 Å². The third-order valence-electron chi connectivity index (χ3n) is 3.52. The molecule has 0 unspecified atom stereocenters. The lowest BCUT2D eigenvalue weighted by Crippen LogP contribution is -2.24. The second-order valence-electron chi connectivity index (χ2n) is 5.53.